The fraction of sp³-hybridized carbons (Fsp3) is 0. The first-order valence-electron chi connectivity index (χ1n) is 0.667. The molecule has 0 N–H and O–H groups in total. The fourth-order valence-electron chi connectivity index (χ4n) is 0. The summed E-state index contributed by atoms with van der Waals surface area (Å²) >= 11 is 0. The van der Waals surface area contributed by atoms with E-state index in [0.29, 0.717) is 0 Å². The molecule has 0 saturated carbocycles. The van der Waals surface area contributed by atoms with Crippen molar-refractivity contribution in [1.29, 1.82) is 0 Å². The van der Waals surface area contributed by atoms with E-state index in [1.54, 1.807) is 0 Å². The molecule has 4 nitrogen and oxygen atoms in total. The molecule has 32 valence electrons. The predicted molar refractivity (Wildman–Crippen MR) is 16.2 cm³/mol. The second kappa shape index (κ2) is 10.7. The van der Waals surface area contributed by atoms with Crippen LogP contribution in [-0.4, -0.2) is 34.9 Å². The summed E-state index contributed by atoms with van der Waals surface area (Å²) in [4.78, 5) is 0. The van der Waals surface area contributed by atoms with Gasteiger partial charge < -0.3 is 9.11 Å². The molecule has 0 aromatic carbocycles. The summed E-state index contributed by atoms with van der Waals surface area (Å²) in [5, 5.41) is 0. The molecule has 0 aliphatic carbocycles. The van der Waals surface area contributed by atoms with Gasteiger partial charge in [0.15, 0.2) is 0 Å². The zero-order chi connectivity index (χ0) is 4.50. The normalized spacial score (nSPS) is 7.25. The first-order valence-corrected chi connectivity index (χ1v) is 2.00. The molecule has 0 atom stereocenters. The molecule has 0 unspecified atom stereocenters. The maximum absolute atomic E-state index is 8.52. The molecule has 8 heavy (non-hydrogen) atoms. The van der Waals surface area contributed by atoms with Crippen molar-refractivity contribution in [2.45, 2.75) is 0 Å². The van der Waals surface area contributed by atoms with Gasteiger partial charge in [-0.2, -0.15) is 0 Å². The van der Waals surface area contributed by atoms with Crippen LogP contribution in [0.2, 0.25) is 0 Å². The Balaban J connectivity index is -0.0000000267. The summed E-state index contributed by atoms with van der Waals surface area (Å²) in [6, 6.07) is 0. The molecule has 0 aliphatic heterocycles. The van der Waals surface area contributed by atoms with E-state index < -0.39 is 10.4 Å². The third kappa shape index (κ3) is 53.9. The van der Waals surface area contributed by atoms with Gasteiger partial charge in [-0.05, 0) is 0 Å². The molecular weight excluding hydrogens is 201 g/mol. The van der Waals surface area contributed by atoms with Crippen molar-refractivity contribution in [2.24, 2.45) is 0 Å². The monoisotopic (exact) mass is 201 g/mol. The first-order chi connectivity index (χ1) is 2.00. The summed E-state index contributed by atoms with van der Waals surface area (Å²) < 4.78 is 34.1. The maximum atomic E-state index is 8.52. The standard InChI is InChI=1S/Al.2K.H2O4S/c;;;1-5(2,3)4/h;;;(H2,1,2,3,4)/q+3;2*+1;/p-2. The number of hydrogen-bond acceptors (Lipinski definition) is 4. The Kier molecular flexibility index (Phi) is 30.1. The minimum atomic E-state index is -5.17. The van der Waals surface area contributed by atoms with Gasteiger partial charge in [-0.1, -0.05) is 0 Å². The van der Waals surface area contributed by atoms with Crippen LogP contribution in [-0.2, 0) is 10.4 Å². The molecule has 0 bridgehead atoms. The second-order valence-electron chi connectivity index (χ2n) is 0.408. The van der Waals surface area contributed by atoms with Crippen LogP contribution in [0.15, 0.2) is 0 Å². The van der Waals surface area contributed by atoms with Crippen LogP contribution in [0, 0.1) is 0 Å². The van der Waals surface area contributed by atoms with Gasteiger partial charge in [0, 0.05) is 10.4 Å². The molecule has 0 aliphatic rings. The number of rotatable bonds is 0. The van der Waals surface area contributed by atoms with E-state index >= 15 is 0 Å². The Labute approximate surface area is 144 Å². The molecule has 0 heterocycles. The van der Waals surface area contributed by atoms with E-state index in [-0.39, 0.29) is 120 Å². The second-order valence-corrected chi connectivity index (χ2v) is 1.22. The average molecular weight is 201 g/mol. The smallest absolute Gasteiger partial charge is 0.759 e. The van der Waals surface area contributed by atoms with Crippen LogP contribution in [0.3, 0.4) is 0 Å². The van der Waals surface area contributed by atoms with Crippen molar-refractivity contribution in [1.82, 2.24) is 0 Å². The van der Waals surface area contributed by atoms with Crippen LogP contribution in [0.4, 0.5) is 0 Å². The van der Waals surface area contributed by atoms with Gasteiger partial charge in [-0.25, -0.2) is 0 Å². The van der Waals surface area contributed by atoms with Gasteiger partial charge in [0.1, 0.15) is 0 Å². The largest absolute Gasteiger partial charge is 3.00 e. The molecule has 0 saturated heterocycles. The summed E-state index contributed by atoms with van der Waals surface area (Å²) in [7, 11) is -5.17. The van der Waals surface area contributed by atoms with Gasteiger partial charge in [0.05, 0.1) is 0 Å². The minimum absolute atomic E-state index is 0. The van der Waals surface area contributed by atoms with E-state index in [1.807, 2.05) is 0 Å². The zero-order valence-corrected chi connectivity index (χ0v) is 12.8. The summed E-state index contributed by atoms with van der Waals surface area (Å²) in [5.74, 6) is 0. The summed E-state index contributed by atoms with van der Waals surface area (Å²) in [5.41, 5.74) is 0. The quantitative estimate of drug-likeness (QED) is 0.221. The molecule has 0 spiro atoms. The SMILES string of the molecule is O=S(=O)([O-])[O-].[Al+3].[K+].[K+]. The molecule has 0 radical (unpaired) electrons. The maximum Gasteiger partial charge on any atom is 3.00 e. The fourth-order valence-corrected chi connectivity index (χ4v) is 0. The topological polar surface area (TPSA) is 80.3 Å². The first kappa shape index (κ1) is 22.6. The molecule has 0 fully saturated rings. The average Bonchev–Trinajstić information content (AvgIpc) is 0.722. The van der Waals surface area contributed by atoms with Gasteiger partial charge in [0.25, 0.3) is 0 Å². The molecule has 0 aromatic rings. The van der Waals surface area contributed by atoms with Gasteiger partial charge >= 0.3 is 120 Å². The molecule has 0 aromatic heterocycles. The predicted octanol–water partition coefficient (Wildman–Crippen LogP) is -7.71. The summed E-state index contributed by atoms with van der Waals surface area (Å²) in [6.07, 6.45) is 0. The van der Waals surface area contributed by atoms with Crippen molar-refractivity contribution in [3.8, 4) is 0 Å². The van der Waals surface area contributed by atoms with E-state index in [4.69, 9.17) is 17.5 Å². The number of hydrogen-bond donors (Lipinski definition) is 0. The Hall–Kier alpha value is 3.68. The van der Waals surface area contributed by atoms with Crippen molar-refractivity contribution in [2.75, 3.05) is 0 Å². The minimum Gasteiger partial charge on any atom is -0.759 e. The van der Waals surface area contributed by atoms with Gasteiger partial charge in [0.2, 0.25) is 0 Å². The van der Waals surface area contributed by atoms with Crippen LogP contribution >= 0.6 is 0 Å². The third-order valence-electron chi connectivity index (χ3n) is 0. The Bertz CT molecular complexity index is 97.2. The van der Waals surface area contributed by atoms with Crippen molar-refractivity contribution in [3.63, 3.8) is 0 Å². The van der Waals surface area contributed by atoms with E-state index in [9.17, 15) is 0 Å². The Morgan fingerprint density at radius 3 is 1.00 bits per heavy atom. The third-order valence-corrected chi connectivity index (χ3v) is 0. The van der Waals surface area contributed by atoms with Crippen molar-refractivity contribution >= 4 is 27.8 Å². The van der Waals surface area contributed by atoms with Crippen LogP contribution in [0.25, 0.3) is 0 Å². The van der Waals surface area contributed by atoms with Gasteiger partial charge in [-0.15, -0.1) is 0 Å². The Morgan fingerprint density at radius 1 is 1.00 bits per heavy atom. The van der Waals surface area contributed by atoms with E-state index in [0.717, 1.165) is 0 Å². The Morgan fingerprint density at radius 2 is 1.00 bits per heavy atom. The van der Waals surface area contributed by atoms with Gasteiger partial charge in [-0.3, -0.25) is 8.42 Å². The molecule has 8 heteroatoms. The van der Waals surface area contributed by atoms with Crippen LogP contribution < -0.4 is 103 Å². The van der Waals surface area contributed by atoms with Crippen molar-refractivity contribution < 1.29 is 120 Å². The summed E-state index contributed by atoms with van der Waals surface area (Å²) in [6.45, 7) is 0. The molecule has 0 amide bonds. The van der Waals surface area contributed by atoms with E-state index in [1.165, 1.54) is 0 Å². The van der Waals surface area contributed by atoms with Crippen LogP contribution in [0.1, 0.15) is 0 Å². The molecule has 0 rings (SSSR count). The zero-order valence-electron chi connectivity index (χ0n) is 4.62. The van der Waals surface area contributed by atoms with Crippen molar-refractivity contribution in [3.05, 3.63) is 0 Å². The van der Waals surface area contributed by atoms with Crippen LogP contribution in [0.5, 0.6) is 0 Å². The molecular formula is AlK2O4S+3. The van der Waals surface area contributed by atoms with E-state index in [2.05, 4.69) is 0 Å².